The largest absolute Gasteiger partial charge is 0.398 e. The molecule has 0 aromatic rings. The van der Waals surface area contributed by atoms with Gasteiger partial charge in [-0.05, 0) is 38.0 Å². The molecule has 126 valence electrons. The van der Waals surface area contributed by atoms with Crippen LogP contribution in [0, 0.1) is 11.3 Å². The monoisotopic (exact) mass is 355 g/mol. The molecule has 8 heteroatoms. The molecule has 0 radical (unpaired) electrons. The van der Waals surface area contributed by atoms with Crippen LogP contribution in [-0.2, 0) is 17.7 Å². The lowest BCUT2D eigenvalue weighted by atomic mass is 10.4. The first-order chi connectivity index (χ1) is 9.86. The highest BCUT2D eigenvalue weighted by molar-refractivity contribution is 6.66. The van der Waals surface area contributed by atoms with Crippen molar-refractivity contribution < 1.29 is 17.7 Å². The highest BCUT2D eigenvalue weighted by Crippen LogP contribution is 2.14. The molecule has 0 rings (SSSR count). The first-order valence-electron chi connectivity index (χ1n) is 7.00. The second-order valence-electron chi connectivity index (χ2n) is 4.89. The second-order valence-corrected chi connectivity index (χ2v) is 12.4. The molecule has 0 atom stereocenters. The number of nitrogens with zero attached hydrogens (tertiary/aromatic N) is 1. The summed E-state index contributed by atoms with van der Waals surface area (Å²) in [4.78, 5) is 0. The van der Waals surface area contributed by atoms with E-state index in [1.165, 1.54) is 0 Å². The highest BCUT2D eigenvalue weighted by Gasteiger charge is 2.28. The normalized spacial score (nSPS) is 11.5. The van der Waals surface area contributed by atoms with Crippen molar-refractivity contribution in [1.29, 1.82) is 5.26 Å². The molecule has 0 aromatic heterocycles. The standard InChI is InChI=1S/C7H15NO2Si.C6H15ClO2Si/c1-9-11(3,10-2)7-5-4-6-8;1-8-10(3,9-2)6-4-5-7/h4-5,7H2,1-3H3;4-6H2,1-3H3. The minimum absolute atomic E-state index is 0.593. The lowest BCUT2D eigenvalue weighted by molar-refractivity contribution is 0.248. The predicted octanol–water partition coefficient (Wildman–Crippen LogP) is 3.64. The van der Waals surface area contributed by atoms with E-state index >= 15 is 0 Å². The summed E-state index contributed by atoms with van der Waals surface area (Å²) in [6.07, 6.45) is 2.45. The number of rotatable bonds is 10. The lowest BCUT2D eigenvalue weighted by Crippen LogP contribution is -2.35. The van der Waals surface area contributed by atoms with Crippen molar-refractivity contribution in [1.82, 2.24) is 0 Å². The summed E-state index contributed by atoms with van der Waals surface area (Å²) in [7, 11) is 3.05. The molecule has 0 aliphatic rings. The van der Waals surface area contributed by atoms with Crippen LogP contribution in [0.5, 0.6) is 0 Å². The molecule has 0 aromatic carbocycles. The number of halogens is 1. The Kier molecular flexibility index (Phi) is 15.2. The zero-order valence-corrected chi connectivity index (χ0v) is 17.0. The fourth-order valence-electron chi connectivity index (χ4n) is 1.45. The number of alkyl halides is 1. The first-order valence-corrected chi connectivity index (χ1v) is 12.6. The molecule has 0 bridgehead atoms. The van der Waals surface area contributed by atoms with Crippen molar-refractivity contribution in [3.05, 3.63) is 0 Å². The van der Waals surface area contributed by atoms with E-state index in [4.69, 9.17) is 34.6 Å². The van der Waals surface area contributed by atoms with Gasteiger partial charge in [0.15, 0.2) is 0 Å². The van der Waals surface area contributed by atoms with Gasteiger partial charge in [-0.3, -0.25) is 0 Å². The van der Waals surface area contributed by atoms with Crippen LogP contribution in [0.3, 0.4) is 0 Å². The van der Waals surface area contributed by atoms with Gasteiger partial charge in [-0.25, -0.2) is 0 Å². The van der Waals surface area contributed by atoms with Crippen LogP contribution < -0.4 is 0 Å². The average molecular weight is 356 g/mol. The van der Waals surface area contributed by atoms with Gasteiger partial charge in [0.2, 0.25) is 0 Å². The van der Waals surface area contributed by atoms with Crippen LogP contribution in [0.2, 0.25) is 25.2 Å². The Hall–Kier alpha value is 0.0538. The van der Waals surface area contributed by atoms with E-state index in [9.17, 15) is 0 Å². The maximum Gasteiger partial charge on any atom is 0.334 e. The Balaban J connectivity index is 0. The molecule has 0 spiro atoms. The fourth-order valence-corrected chi connectivity index (χ4v) is 4.60. The van der Waals surface area contributed by atoms with E-state index < -0.39 is 17.1 Å². The predicted molar refractivity (Wildman–Crippen MR) is 91.1 cm³/mol. The van der Waals surface area contributed by atoms with E-state index in [0.29, 0.717) is 12.3 Å². The molecule has 0 N–H and O–H groups in total. The second kappa shape index (κ2) is 13.7. The SMILES string of the molecule is CO[Si](C)(CCCC#N)OC.CO[Si](C)(CCCCl)OC. The van der Waals surface area contributed by atoms with E-state index in [-0.39, 0.29) is 0 Å². The van der Waals surface area contributed by atoms with Crippen LogP contribution in [0.1, 0.15) is 19.3 Å². The summed E-state index contributed by atoms with van der Waals surface area (Å²) in [5, 5.41) is 8.29. The third kappa shape index (κ3) is 12.3. The van der Waals surface area contributed by atoms with E-state index in [2.05, 4.69) is 6.07 Å². The smallest absolute Gasteiger partial charge is 0.334 e. The summed E-state index contributed by atoms with van der Waals surface area (Å²) < 4.78 is 21.0. The lowest BCUT2D eigenvalue weighted by Gasteiger charge is -2.21. The van der Waals surface area contributed by atoms with Gasteiger partial charge in [0.25, 0.3) is 0 Å². The number of hydrogen-bond acceptors (Lipinski definition) is 5. The molecule has 0 aliphatic carbocycles. The number of hydrogen-bond donors (Lipinski definition) is 0. The van der Waals surface area contributed by atoms with E-state index in [0.717, 1.165) is 24.9 Å². The van der Waals surface area contributed by atoms with Crippen molar-refractivity contribution in [2.45, 2.75) is 44.4 Å². The van der Waals surface area contributed by atoms with E-state index in [1.54, 1.807) is 28.4 Å². The summed E-state index contributed by atoms with van der Waals surface area (Å²) in [5.41, 5.74) is 0. The first kappa shape index (κ1) is 23.3. The quantitative estimate of drug-likeness (QED) is 0.340. The Labute approximate surface area is 137 Å². The van der Waals surface area contributed by atoms with Crippen LogP contribution in [0.4, 0.5) is 0 Å². The molecule has 5 nitrogen and oxygen atoms in total. The molecular weight excluding hydrogens is 326 g/mol. The molecule has 0 saturated carbocycles. The molecule has 21 heavy (non-hydrogen) atoms. The van der Waals surface area contributed by atoms with Crippen molar-refractivity contribution in [3.8, 4) is 6.07 Å². The molecule has 0 fully saturated rings. The fraction of sp³-hybridized carbons (Fsp3) is 0.923. The Morgan fingerprint density at radius 2 is 1.24 bits per heavy atom. The van der Waals surface area contributed by atoms with Crippen molar-refractivity contribution in [3.63, 3.8) is 0 Å². The minimum atomic E-state index is -1.89. The van der Waals surface area contributed by atoms with Crippen LogP contribution in [0.15, 0.2) is 0 Å². The highest BCUT2D eigenvalue weighted by atomic mass is 35.5. The summed E-state index contributed by atoms with van der Waals surface area (Å²) >= 11 is 5.53. The molecular formula is C13H30ClNO4Si2. The van der Waals surface area contributed by atoms with E-state index in [1.807, 2.05) is 13.1 Å². The van der Waals surface area contributed by atoms with Crippen molar-refractivity contribution >= 4 is 28.7 Å². The Morgan fingerprint density at radius 3 is 1.52 bits per heavy atom. The maximum absolute atomic E-state index is 8.29. The van der Waals surface area contributed by atoms with Gasteiger partial charge in [0, 0.05) is 40.7 Å². The van der Waals surface area contributed by atoms with Gasteiger partial charge in [0.05, 0.1) is 6.07 Å². The van der Waals surface area contributed by atoms with Crippen molar-refractivity contribution in [2.75, 3.05) is 34.3 Å². The van der Waals surface area contributed by atoms with Crippen LogP contribution in [0.25, 0.3) is 0 Å². The average Bonchev–Trinajstić information content (AvgIpc) is 2.53. The van der Waals surface area contributed by atoms with Gasteiger partial charge < -0.3 is 17.7 Å². The molecule has 0 heterocycles. The van der Waals surface area contributed by atoms with Gasteiger partial charge in [-0.1, -0.05) is 0 Å². The van der Waals surface area contributed by atoms with Crippen LogP contribution >= 0.6 is 11.6 Å². The van der Waals surface area contributed by atoms with Crippen molar-refractivity contribution in [2.24, 2.45) is 0 Å². The molecule has 0 amide bonds. The Bertz CT molecular complexity index is 282. The van der Waals surface area contributed by atoms with Crippen LogP contribution in [-0.4, -0.2) is 51.4 Å². The van der Waals surface area contributed by atoms with Gasteiger partial charge >= 0.3 is 17.1 Å². The van der Waals surface area contributed by atoms with Gasteiger partial charge in [0.1, 0.15) is 0 Å². The van der Waals surface area contributed by atoms with Gasteiger partial charge in [-0.15, -0.1) is 11.6 Å². The summed E-state index contributed by atoms with van der Waals surface area (Å²) in [5.74, 6) is 0.690. The third-order valence-corrected chi connectivity index (χ3v) is 9.66. The number of nitriles is 1. The molecule has 0 saturated heterocycles. The number of unbranched alkanes of at least 4 members (excludes halogenated alkanes) is 1. The van der Waals surface area contributed by atoms with Gasteiger partial charge in [-0.2, -0.15) is 5.26 Å². The molecule has 0 aliphatic heterocycles. The Morgan fingerprint density at radius 1 is 0.857 bits per heavy atom. The maximum atomic E-state index is 8.29. The summed E-state index contributed by atoms with van der Waals surface area (Å²) in [6, 6.07) is 3.97. The third-order valence-electron chi connectivity index (χ3n) is 3.41. The topological polar surface area (TPSA) is 60.7 Å². The minimum Gasteiger partial charge on any atom is -0.398 e. The zero-order valence-electron chi connectivity index (χ0n) is 14.2. The summed E-state index contributed by atoms with van der Waals surface area (Å²) in [6.45, 7) is 4.05. The zero-order chi connectivity index (χ0) is 16.8. The molecule has 0 unspecified atom stereocenters.